The summed E-state index contributed by atoms with van der Waals surface area (Å²) in [6.07, 6.45) is 1.20. The van der Waals surface area contributed by atoms with Crippen molar-refractivity contribution in [2.45, 2.75) is 12.3 Å². The van der Waals surface area contributed by atoms with E-state index in [9.17, 15) is 0 Å². The van der Waals surface area contributed by atoms with E-state index in [0.29, 0.717) is 17.6 Å². The van der Waals surface area contributed by atoms with Crippen molar-refractivity contribution in [3.8, 4) is 17.2 Å². The Kier molecular flexibility index (Phi) is 3.97. The lowest BCUT2D eigenvalue weighted by atomic mass is 10.1. The fourth-order valence-corrected chi connectivity index (χ4v) is 2.46. The zero-order valence-electron chi connectivity index (χ0n) is 11.4. The van der Waals surface area contributed by atoms with Crippen molar-refractivity contribution in [3.63, 3.8) is 0 Å². The van der Waals surface area contributed by atoms with Crippen molar-refractivity contribution in [1.82, 2.24) is 5.32 Å². The van der Waals surface area contributed by atoms with Gasteiger partial charge in [-0.25, -0.2) is 0 Å². The topological polar surface area (TPSA) is 39.7 Å². The van der Waals surface area contributed by atoms with Crippen LogP contribution in [0.25, 0.3) is 0 Å². The van der Waals surface area contributed by atoms with E-state index < -0.39 is 0 Å². The van der Waals surface area contributed by atoms with Crippen molar-refractivity contribution in [1.29, 1.82) is 0 Å². The van der Waals surface area contributed by atoms with Crippen LogP contribution in [0, 0.1) is 5.92 Å². The van der Waals surface area contributed by atoms with E-state index in [1.807, 2.05) is 19.2 Å². The van der Waals surface area contributed by atoms with Crippen molar-refractivity contribution in [2.75, 3.05) is 34.9 Å². The van der Waals surface area contributed by atoms with Crippen LogP contribution < -0.4 is 19.5 Å². The fraction of sp³-hybridized carbons (Fsp3) is 0.571. The monoisotopic (exact) mass is 251 g/mol. The van der Waals surface area contributed by atoms with Gasteiger partial charge in [-0.2, -0.15) is 0 Å². The molecule has 4 heteroatoms. The van der Waals surface area contributed by atoms with Crippen LogP contribution in [0.2, 0.25) is 0 Å². The Labute approximate surface area is 108 Å². The number of benzene rings is 1. The number of nitrogens with one attached hydrogen (secondary N) is 1. The molecule has 2 unspecified atom stereocenters. The first-order valence-electron chi connectivity index (χ1n) is 6.19. The van der Waals surface area contributed by atoms with Crippen LogP contribution in [0.3, 0.4) is 0 Å². The van der Waals surface area contributed by atoms with Crippen LogP contribution in [0.15, 0.2) is 12.1 Å². The highest BCUT2D eigenvalue weighted by molar-refractivity contribution is 5.53. The Hall–Kier alpha value is -1.42. The lowest BCUT2D eigenvalue weighted by Gasteiger charge is -2.14. The molecule has 1 N–H and O–H groups in total. The molecule has 18 heavy (non-hydrogen) atoms. The van der Waals surface area contributed by atoms with Gasteiger partial charge in [-0.1, -0.05) is 0 Å². The maximum absolute atomic E-state index is 5.46. The molecule has 1 fully saturated rings. The summed E-state index contributed by atoms with van der Waals surface area (Å²) >= 11 is 0. The molecule has 1 aromatic rings. The quantitative estimate of drug-likeness (QED) is 0.840. The largest absolute Gasteiger partial charge is 0.496 e. The summed E-state index contributed by atoms with van der Waals surface area (Å²) in [5, 5.41) is 3.22. The molecular weight excluding hydrogens is 230 g/mol. The van der Waals surface area contributed by atoms with Gasteiger partial charge in [0.25, 0.3) is 0 Å². The zero-order chi connectivity index (χ0) is 13.1. The van der Waals surface area contributed by atoms with Gasteiger partial charge in [0.15, 0.2) is 11.5 Å². The average Bonchev–Trinajstić information content (AvgIpc) is 3.16. The second-order valence-electron chi connectivity index (χ2n) is 4.61. The van der Waals surface area contributed by atoms with Crippen LogP contribution in [0.4, 0.5) is 0 Å². The second kappa shape index (κ2) is 5.48. The zero-order valence-corrected chi connectivity index (χ0v) is 11.4. The highest BCUT2D eigenvalue weighted by Crippen LogP contribution is 2.52. The molecule has 0 amide bonds. The fourth-order valence-electron chi connectivity index (χ4n) is 2.46. The van der Waals surface area contributed by atoms with Crippen LogP contribution in [0.1, 0.15) is 17.9 Å². The van der Waals surface area contributed by atoms with Gasteiger partial charge in [-0.3, -0.25) is 0 Å². The standard InChI is InChI=1S/C14H21NO3/c1-15-8-9-5-10(9)11-6-13(17-3)14(18-4)7-12(11)16-2/h6-7,9-10,15H,5,8H2,1-4H3. The van der Waals surface area contributed by atoms with Gasteiger partial charge in [-0.05, 0) is 37.9 Å². The predicted molar refractivity (Wildman–Crippen MR) is 70.9 cm³/mol. The van der Waals surface area contributed by atoms with Crippen LogP contribution in [-0.4, -0.2) is 34.9 Å². The number of methoxy groups -OCH3 is 3. The van der Waals surface area contributed by atoms with E-state index in [1.54, 1.807) is 21.3 Å². The Morgan fingerprint density at radius 1 is 1.06 bits per heavy atom. The summed E-state index contributed by atoms with van der Waals surface area (Å²) in [6.45, 7) is 1.04. The van der Waals surface area contributed by atoms with E-state index >= 15 is 0 Å². The van der Waals surface area contributed by atoms with Gasteiger partial charge in [0.05, 0.1) is 21.3 Å². The first-order valence-corrected chi connectivity index (χ1v) is 6.19. The molecule has 1 aliphatic carbocycles. The molecule has 2 rings (SSSR count). The molecule has 0 aromatic heterocycles. The molecule has 2 atom stereocenters. The van der Waals surface area contributed by atoms with Crippen LogP contribution >= 0.6 is 0 Å². The van der Waals surface area contributed by atoms with Crippen molar-refractivity contribution in [3.05, 3.63) is 17.7 Å². The first kappa shape index (κ1) is 13.0. The molecular formula is C14H21NO3. The Morgan fingerprint density at radius 2 is 1.67 bits per heavy atom. The van der Waals surface area contributed by atoms with Crippen molar-refractivity contribution >= 4 is 0 Å². The molecule has 100 valence electrons. The molecule has 0 aliphatic heterocycles. The molecule has 4 nitrogen and oxygen atoms in total. The summed E-state index contributed by atoms with van der Waals surface area (Å²) in [4.78, 5) is 0. The van der Waals surface area contributed by atoms with E-state index in [4.69, 9.17) is 14.2 Å². The number of hydrogen-bond donors (Lipinski definition) is 1. The highest BCUT2D eigenvalue weighted by atomic mass is 16.5. The third-order valence-electron chi connectivity index (χ3n) is 3.52. The number of rotatable bonds is 6. The summed E-state index contributed by atoms with van der Waals surface area (Å²) in [6, 6.07) is 3.95. The first-order chi connectivity index (χ1) is 8.74. The molecule has 0 saturated heterocycles. The molecule has 0 spiro atoms. The van der Waals surface area contributed by atoms with Crippen LogP contribution in [0.5, 0.6) is 17.2 Å². The predicted octanol–water partition coefficient (Wildman–Crippen LogP) is 2.04. The minimum Gasteiger partial charge on any atom is -0.496 e. The Balaban J connectivity index is 2.29. The Bertz CT molecular complexity index is 420. The molecule has 1 aromatic carbocycles. The number of ether oxygens (including phenoxy) is 3. The normalized spacial score (nSPS) is 21.6. The third-order valence-corrected chi connectivity index (χ3v) is 3.52. The lowest BCUT2D eigenvalue weighted by molar-refractivity contribution is 0.347. The molecule has 1 saturated carbocycles. The van der Waals surface area contributed by atoms with Crippen molar-refractivity contribution in [2.24, 2.45) is 5.92 Å². The SMILES string of the molecule is CNCC1CC1c1cc(OC)c(OC)cc1OC. The molecule has 0 bridgehead atoms. The maximum Gasteiger partial charge on any atom is 0.164 e. The summed E-state index contributed by atoms with van der Waals surface area (Å²) in [5.41, 5.74) is 1.22. The number of hydrogen-bond acceptors (Lipinski definition) is 4. The lowest BCUT2D eigenvalue weighted by Crippen LogP contribution is -2.10. The van der Waals surface area contributed by atoms with Gasteiger partial charge in [0, 0.05) is 11.6 Å². The van der Waals surface area contributed by atoms with Gasteiger partial charge in [0.2, 0.25) is 0 Å². The van der Waals surface area contributed by atoms with Gasteiger partial charge in [0.1, 0.15) is 5.75 Å². The minimum atomic E-state index is 0.562. The Morgan fingerprint density at radius 3 is 2.22 bits per heavy atom. The summed E-state index contributed by atoms with van der Waals surface area (Å²) < 4.78 is 16.1. The minimum absolute atomic E-state index is 0.562. The van der Waals surface area contributed by atoms with E-state index in [-0.39, 0.29) is 0 Å². The smallest absolute Gasteiger partial charge is 0.164 e. The average molecular weight is 251 g/mol. The molecule has 0 heterocycles. The van der Waals surface area contributed by atoms with Gasteiger partial charge in [-0.15, -0.1) is 0 Å². The molecule has 0 radical (unpaired) electrons. The summed E-state index contributed by atoms with van der Waals surface area (Å²) in [5.74, 6) is 3.62. The second-order valence-corrected chi connectivity index (χ2v) is 4.61. The maximum atomic E-state index is 5.46. The van der Waals surface area contributed by atoms with E-state index in [2.05, 4.69) is 5.32 Å². The summed E-state index contributed by atoms with van der Waals surface area (Å²) in [7, 11) is 6.98. The van der Waals surface area contributed by atoms with Crippen LogP contribution in [-0.2, 0) is 0 Å². The highest BCUT2D eigenvalue weighted by Gasteiger charge is 2.39. The molecule has 1 aliphatic rings. The third kappa shape index (κ3) is 2.38. The van der Waals surface area contributed by atoms with E-state index in [1.165, 1.54) is 12.0 Å². The van der Waals surface area contributed by atoms with E-state index in [0.717, 1.165) is 18.0 Å². The van der Waals surface area contributed by atoms with Crippen molar-refractivity contribution < 1.29 is 14.2 Å². The van der Waals surface area contributed by atoms with Gasteiger partial charge >= 0.3 is 0 Å². The van der Waals surface area contributed by atoms with Gasteiger partial charge < -0.3 is 19.5 Å².